The molecule has 1 aromatic carbocycles. The average Bonchev–Trinajstić information content (AvgIpc) is 2.44. The van der Waals surface area contributed by atoms with Crippen LogP contribution in [0.5, 0.6) is 0 Å². The minimum atomic E-state index is 0.375. The molecule has 0 radical (unpaired) electrons. The Labute approximate surface area is 124 Å². The van der Waals surface area contributed by atoms with Gasteiger partial charge in [-0.1, -0.05) is 43.7 Å². The molecule has 2 atom stereocenters. The molecule has 2 unspecified atom stereocenters. The SMILES string of the molecule is CCNC(CN(CC)C(C)COC)c1ccc(C)cc1. The van der Waals surface area contributed by atoms with Crippen molar-refractivity contribution in [3.8, 4) is 0 Å². The molecule has 0 aliphatic carbocycles. The Hall–Kier alpha value is -0.900. The smallest absolute Gasteiger partial charge is 0.0615 e. The van der Waals surface area contributed by atoms with Gasteiger partial charge in [-0.15, -0.1) is 0 Å². The number of nitrogens with zero attached hydrogens (tertiary/aromatic N) is 1. The first-order chi connectivity index (χ1) is 9.62. The molecule has 0 heterocycles. The Morgan fingerprint density at radius 1 is 1.20 bits per heavy atom. The Kier molecular flexibility index (Phi) is 7.82. The number of rotatable bonds is 9. The maximum atomic E-state index is 5.29. The summed E-state index contributed by atoms with van der Waals surface area (Å²) in [4.78, 5) is 2.47. The number of benzene rings is 1. The summed E-state index contributed by atoms with van der Waals surface area (Å²) >= 11 is 0. The highest BCUT2D eigenvalue weighted by Gasteiger charge is 2.18. The fraction of sp³-hybridized carbons (Fsp3) is 0.647. The molecule has 0 fully saturated rings. The molecule has 0 aromatic heterocycles. The van der Waals surface area contributed by atoms with E-state index in [0.717, 1.165) is 26.2 Å². The summed E-state index contributed by atoms with van der Waals surface area (Å²) in [5.41, 5.74) is 2.67. The van der Waals surface area contributed by atoms with Gasteiger partial charge in [-0.2, -0.15) is 0 Å². The van der Waals surface area contributed by atoms with Gasteiger partial charge in [0.05, 0.1) is 6.61 Å². The minimum absolute atomic E-state index is 0.375. The Morgan fingerprint density at radius 3 is 2.35 bits per heavy atom. The lowest BCUT2D eigenvalue weighted by Crippen LogP contribution is -2.42. The van der Waals surface area contributed by atoms with Crippen molar-refractivity contribution >= 4 is 0 Å². The van der Waals surface area contributed by atoms with Crippen LogP contribution < -0.4 is 5.32 Å². The number of ether oxygens (including phenoxy) is 1. The van der Waals surface area contributed by atoms with Gasteiger partial charge in [0, 0.05) is 25.7 Å². The van der Waals surface area contributed by atoms with E-state index in [0.29, 0.717) is 12.1 Å². The van der Waals surface area contributed by atoms with Crippen molar-refractivity contribution < 1.29 is 4.74 Å². The van der Waals surface area contributed by atoms with Crippen molar-refractivity contribution in [3.63, 3.8) is 0 Å². The summed E-state index contributed by atoms with van der Waals surface area (Å²) < 4.78 is 5.29. The van der Waals surface area contributed by atoms with E-state index in [2.05, 4.69) is 62.2 Å². The summed E-state index contributed by atoms with van der Waals surface area (Å²) in [7, 11) is 1.77. The highest BCUT2D eigenvalue weighted by atomic mass is 16.5. The van der Waals surface area contributed by atoms with Crippen LogP contribution in [-0.4, -0.2) is 44.3 Å². The Balaban J connectivity index is 2.76. The summed E-state index contributed by atoms with van der Waals surface area (Å²) in [6.07, 6.45) is 0. The summed E-state index contributed by atoms with van der Waals surface area (Å²) in [6.45, 7) is 12.5. The van der Waals surface area contributed by atoms with Gasteiger partial charge in [0.2, 0.25) is 0 Å². The quantitative estimate of drug-likeness (QED) is 0.751. The van der Waals surface area contributed by atoms with Crippen LogP contribution in [0.1, 0.15) is 37.9 Å². The second-order valence-corrected chi connectivity index (χ2v) is 5.41. The zero-order chi connectivity index (χ0) is 15.0. The fourth-order valence-corrected chi connectivity index (χ4v) is 2.53. The van der Waals surface area contributed by atoms with Crippen molar-refractivity contribution in [2.24, 2.45) is 0 Å². The van der Waals surface area contributed by atoms with Gasteiger partial charge in [-0.25, -0.2) is 0 Å². The molecular weight excluding hydrogens is 248 g/mol. The number of likely N-dealkylation sites (N-methyl/N-ethyl adjacent to an activating group) is 2. The molecule has 0 aliphatic heterocycles. The molecule has 1 rings (SSSR count). The zero-order valence-corrected chi connectivity index (χ0v) is 13.6. The molecule has 1 aromatic rings. The van der Waals surface area contributed by atoms with Crippen molar-refractivity contribution in [2.75, 3.05) is 33.4 Å². The van der Waals surface area contributed by atoms with Gasteiger partial charge in [0.25, 0.3) is 0 Å². The van der Waals surface area contributed by atoms with E-state index in [1.54, 1.807) is 7.11 Å². The maximum Gasteiger partial charge on any atom is 0.0615 e. The molecule has 20 heavy (non-hydrogen) atoms. The monoisotopic (exact) mass is 278 g/mol. The normalized spacial score (nSPS) is 14.5. The van der Waals surface area contributed by atoms with Crippen LogP contribution >= 0.6 is 0 Å². The largest absolute Gasteiger partial charge is 0.383 e. The molecule has 0 saturated carbocycles. The second-order valence-electron chi connectivity index (χ2n) is 5.41. The number of aryl methyl sites for hydroxylation is 1. The van der Waals surface area contributed by atoms with E-state index in [1.165, 1.54) is 11.1 Å². The topological polar surface area (TPSA) is 24.5 Å². The maximum absolute atomic E-state index is 5.29. The van der Waals surface area contributed by atoms with Crippen LogP contribution in [0.15, 0.2) is 24.3 Å². The summed E-state index contributed by atoms with van der Waals surface area (Å²) in [5, 5.41) is 3.60. The predicted octanol–water partition coefficient (Wildman–Crippen LogP) is 3.00. The van der Waals surface area contributed by atoms with Crippen LogP contribution in [-0.2, 0) is 4.74 Å². The zero-order valence-electron chi connectivity index (χ0n) is 13.6. The Morgan fingerprint density at radius 2 is 1.85 bits per heavy atom. The van der Waals surface area contributed by atoms with Crippen LogP contribution in [0.2, 0.25) is 0 Å². The molecular formula is C17H30N2O. The first-order valence-electron chi connectivity index (χ1n) is 7.65. The standard InChI is InChI=1S/C17H30N2O/c1-6-18-17(16-10-8-14(3)9-11-16)12-19(7-2)15(4)13-20-5/h8-11,15,17-18H,6-7,12-13H2,1-5H3. The van der Waals surface area contributed by atoms with Gasteiger partial charge in [0.15, 0.2) is 0 Å². The highest BCUT2D eigenvalue weighted by Crippen LogP contribution is 2.16. The van der Waals surface area contributed by atoms with Crippen LogP contribution in [0.3, 0.4) is 0 Å². The van der Waals surface area contributed by atoms with E-state index in [4.69, 9.17) is 4.74 Å². The van der Waals surface area contributed by atoms with Crippen molar-refractivity contribution in [2.45, 2.75) is 39.8 Å². The summed E-state index contributed by atoms with van der Waals surface area (Å²) in [6, 6.07) is 9.66. The second kappa shape index (κ2) is 9.11. The van der Waals surface area contributed by atoms with Crippen LogP contribution in [0.25, 0.3) is 0 Å². The van der Waals surface area contributed by atoms with E-state index < -0.39 is 0 Å². The van der Waals surface area contributed by atoms with Gasteiger partial charge in [-0.05, 0) is 32.5 Å². The first kappa shape index (κ1) is 17.2. The molecule has 0 saturated heterocycles. The van der Waals surface area contributed by atoms with Gasteiger partial charge >= 0.3 is 0 Å². The first-order valence-corrected chi connectivity index (χ1v) is 7.65. The third-order valence-corrected chi connectivity index (χ3v) is 3.78. The molecule has 0 spiro atoms. The minimum Gasteiger partial charge on any atom is -0.383 e. The van der Waals surface area contributed by atoms with Crippen molar-refractivity contribution in [3.05, 3.63) is 35.4 Å². The van der Waals surface area contributed by atoms with E-state index in [1.807, 2.05) is 0 Å². The van der Waals surface area contributed by atoms with Gasteiger partial charge < -0.3 is 10.1 Å². The average molecular weight is 278 g/mol. The van der Waals surface area contributed by atoms with Gasteiger partial charge in [-0.3, -0.25) is 4.90 Å². The van der Waals surface area contributed by atoms with Crippen molar-refractivity contribution in [1.29, 1.82) is 0 Å². The van der Waals surface area contributed by atoms with Crippen LogP contribution in [0, 0.1) is 6.92 Å². The lowest BCUT2D eigenvalue weighted by atomic mass is 10.0. The summed E-state index contributed by atoms with van der Waals surface area (Å²) in [5.74, 6) is 0. The molecule has 0 bridgehead atoms. The lowest BCUT2D eigenvalue weighted by Gasteiger charge is -2.32. The lowest BCUT2D eigenvalue weighted by molar-refractivity contribution is 0.0957. The molecule has 114 valence electrons. The van der Waals surface area contributed by atoms with E-state index >= 15 is 0 Å². The van der Waals surface area contributed by atoms with Crippen molar-refractivity contribution in [1.82, 2.24) is 10.2 Å². The highest BCUT2D eigenvalue weighted by molar-refractivity contribution is 5.24. The molecule has 3 heteroatoms. The fourth-order valence-electron chi connectivity index (χ4n) is 2.53. The molecule has 1 N–H and O–H groups in total. The van der Waals surface area contributed by atoms with Gasteiger partial charge in [0.1, 0.15) is 0 Å². The number of hydrogen-bond acceptors (Lipinski definition) is 3. The number of hydrogen-bond donors (Lipinski definition) is 1. The number of methoxy groups -OCH3 is 1. The molecule has 3 nitrogen and oxygen atoms in total. The number of nitrogens with one attached hydrogen (secondary N) is 1. The predicted molar refractivity (Wildman–Crippen MR) is 86.2 cm³/mol. The molecule has 0 amide bonds. The molecule has 0 aliphatic rings. The van der Waals surface area contributed by atoms with Crippen LogP contribution in [0.4, 0.5) is 0 Å². The Bertz CT molecular complexity index is 364. The van der Waals surface area contributed by atoms with E-state index in [9.17, 15) is 0 Å². The van der Waals surface area contributed by atoms with E-state index in [-0.39, 0.29) is 0 Å². The third-order valence-electron chi connectivity index (χ3n) is 3.78. The third kappa shape index (κ3) is 5.23.